The number of nitrogens with one attached hydrogen (secondary N) is 2. The maximum atomic E-state index is 12.1. The second-order valence-corrected chi connectivity index (χ2v) is 15.3. The number of aryl methyl sites for hydroxylation is 2. The molecule has 0 radical (unpaired) electrons. The molecule has 2 aromatic carbocycles. The highest BCUT2D eigenvalue weighted by atomic mass is 31.1. The number of nitrogens with zero attached hydrogens (tertiary/aromatic N) is 4. The molecule has 0 amide bonds. The van der Waals surface area contributed by atoms with Crippen LogP contribution >= 0.6 is 8.25 Å². The van der Waals surface area contributed by atoms with E-state index in [9.17, 15) is 4.57 Å². The Bertz CT molecular complexity index is 1840. The molecule has 0 aliphatic carbocycles. The first-order valence-corrected chi connectivity index (χ1v) is 22.5. The molecule has 0 unspecified atom stereocenters. The zero-order valence-corrected chi connectivity index (χ0v) is 38.2. The van der Waals surface area contributed by atoms with Crippen molar-refractivity contribution in [3.8, 4) is 23.0 Å². The molecular weight excluding hydrogens is 816 g/mol. The molecule has 18 heteroatoms. The van der Waals surface area contributed by atoms with Gasteiger partial charge in [0, 0.05) is 65.1 Å². The molecular formula is C44H66N8O9P+. The lowest BCUT2D eigenvalue weighted by atomic mass is 10.0. The van der Waals surface area contributed by atoms with Crippen LogP contribution in [-0.2, 0) is 35.9 Å². The summed E-state index contributed by atoms with van der Waals surface area (Å²) in [5.41, 5.74) is 17.4. The molecule has 0 atom stereocenters. The Morgan fingerprint density at radius 1 is 0.581 bits per heavy atom. The van der Waals surface area contributed by atoms with Gasteiger partial charge in [-0.15, -0.1) is 9.05 Å². The molecule has 4 rings (SSSR count). The summed E-state index contributed by atoms with van der Waals surface area (Å²) in [4.78, 5) is 17.7. The van der Waals surface area contributed by atoms with Crippen LogP contribution < -0.4 is 41.0 Å². The third-order valence-electron chi connectivity index (χ3n) is 9.70. The van der Waals surface area contributed by atoms with Crippen LogP contribution in [0.4, 0.5) is 23.5 Å². The van der Waals surface area contributed by atoms with E-state index in [2.05, 4.69) is 44.4 Å². The zero-order valence-electron chi connectivity index (χ0n) is 37.3. The number of benzene rings is 2. The third kappa shape index (κ3) is 17.0. The van der Waals surface area contributed by atoms with Crippen LogP contribution in [0.25, 0.3) is 0 Å². The maximum absolute atomic E-state index is 12.1. The number of aromatic nitrogens is 4. The number of anilines is 4. The van der Waals surface area contributed by atoms with Crippen molar-refractivity contribution >= 4 is 31.8 Å². The molecule has 2 aromatic heterocycles. The number of hydrogen-bond donors (Lipinski definition) is 4. The van der Waals surface area contributed by atoms with Crippen molar-refractivity contribution in [3.05, 3.63) is 70.0 Å². The molecule has 0 spiro atoms. The quantitative estimate of drug-likeness (QED) is 0.0274. The van der Waals surface area contributed by atoms with Gasteiger partial charge < -0.3 is 50.5 Å². The van der Waals surface area contributed by atoms with Crippen molar-refractivity contribution in [3.63, 3.8) is 0 Å². The van der Waals surface area contributed by atoms with Crippen molar-refractivity contribution in [2.45, 2.75) is 79.1 Å². The first-order chi connectivity index (χ1) is 30.1. The summed E-state index contributed by atoms with van der Waals surface area (Å²) in [7, 11) is 0.942. The molecule has 0 bridgehead atoms. The van der Waals surface area contributed by atoms with Crippen LogP contribution in [0.1, 0.15) is 86.0 Å². The molecule has 0 aliphatic heterocycles. The number of unbranched alkanes of at least 4 members (excludes halogenated alkanes) is 4. The van der Waals surface area contributed by atoms with Gasteiger partial charge in [0.25, 0.3) is 0 Å². The van der Waals surface area contributed by atoms with E-state index in [0.29, 0.717) is 62.3 Å². The van der Waals surface area contributed by atoms with Gasteiger partial charge in [-0.2, -0.15) is 9.97 Å². The molecule has 17 nitrogen and oxygen atoms in total. The van der Waals surface area contributed by atoms with Gasteiger partial charge in [-0.05, 0) is 49.9 Å². The highest BCUT2D eigenvalue weighted by Gasteiger charge is 2.20. The van der Waals surface area contributed by atoms with Gasteiger partial charge in [-0.1, -0.05) is 51.7 Å². The highest BCUT2D eigenvalue weighted by molar-refractivity contribution is 7.33. The monoisotopic (exact) mass is 881 g/mol. The van der Waals surface area contributed by atoms with Gasteiger partial charge in [0.15, 0.2) is 0 Å². The van der Waals surface area contributed by atoms with E-state index in [-0.39, 0.29) is 38.3 Å². The topological polar surface area (TPSA) is 219 Å². The predicted molar refractivity (Wildman–Crippen MR) is 242 cm³/mol. The lowest BCUT2D eigenvalue weighted by Gasteiger charge is -2.16. The van der Waals surface area contributed by atoms with Crippen LogP contribution in [0.2, 0.25) is 0 Å². The highest BCUT2D eigenvalue weighted by Crippen LogP contribution is 2.32. The summed E-state index contributed by atoms with van der Waals surface area (Å²) >= 11 is 0. The Kier molecular flexibility index (Phi) is 22.2. The van der Waals surface area contributed by atoms with E-state index in [1.807, 2.05) is 50.2 Å². The Balaban J connectivity index is 1.07. The Labute approximate surface area is 367 Å². The smallest absolute Gasteiger partial charge is 0.496 e. The molecule has 6 N–H and O–H groups in total. The summed E-state index contributed by atoms with van der Waals surface area (Å²) in [6.45, 7) is 11.7. The van der Waals surface area contributed by atoms with E-state index in [4.69, 9.17) is 48.9 Å². The van der Waals surface area contributed by atoms with Gasteiger partial charge in [0.2, 0.25) is 11.9 Å². The van der Waals surface area contributed by atoms with Crippen molar-refractivity contribution in [1.82, 2.24) is 19.9 Å². The number of rotatable bonds is 32. The molecule has 340 valence electrons. The minimum absolute atomic E-state index is 0.100. The van der Waals surface area contributed by atoms with Crippen molar-refractivity contribution in [1.29, 1.82) is 0 Å². The van der Waals surface area contributed by atoms with E-state index >= 15 is 0 Å². The Morgan fingerprint density at radius 3 is 1.40 bits per heavy atom. The summed E-state index contributed by atoms with van der Waals surface area (Å²) < 4.78 is 56.9. The Hall–Kier alpha value is -5.06. The predicted octanol–water partition coefficient (Wildman–Crippen LogP) is 7.63. The molecule has 2 heterocycles. The van der Waals surface area contributed by atoms with Crippen LogP contribution in [0.15, 0.2) is 36.4 Å². The summed E-state index contributed by atoms with van der Waals surface area (Å²) in [5, 5.41) is 6.86. The number of ether oxygens (including phenoxy) is 6. The molecule has 0 saturated heterocycles. The second kappa shape index (κ2) is 27.8. The average molecular weight is 882 g/mol. The van der Waals surface area contributed by atoms with Crippen LogP contribution in [0, 0.1) is 13.8 Å². The van der Waals surface area contributed by atoms with Crippen LogP contribution in [-0.4, -0.2) is 100 Å². The summed E-state index contributed by atoms with van der Waals surface area (Å²) in [6.07, 6.45) is 7.79. The van der Waals surface area contributed by atoms with E-state index < -0.39 is 8.25 Å². The molecule has 62 heavy (non-hydrogen) atoms. The van der Waals surface area contributed by atoms with Gasteiger partial charge in [0.05, 0.1) is 40.6 Å². The first kappa shape index (κ1) is 49.6. The van der Waals surface area contributed by atoms with Crippen LogP contribution in [0.3, 0.4) is 0 Å². The third-order valence-corrected chi connectivity index (χ3v) is 10.5. The Morgan fingerprint density at radius 2 is 1.00 bits per heavy atom. The van der Waals surface area contributed by atoms with Crippen molar-refractivity contribution in [2.75, 3.05) is 102 Å². The van der Waals surface area contributed by atoms with Crippen molar-refractivity contribution in [2.24, 2.45) is 0 Å². The normalized spacial score (nSPS) is 11.1. The number of nitrogen functional groups attached to an aromatic ring is 2. The van der Waals surface area contributed by atoms with E-state index in [0.717, 1.165) is 96.9 Å². The largest absolute Gasteiger partial charge is 0.697 e. The number of nitrogens with two attached hydrogens (primary N) is 2. The van der Waals surface area contributed by atoms with Gasteiger partial charge in [-0.25, -0.2) is 9.97 Å². The fraction of sp³-hybridized carbons (Fsp3) is 0.545. The molecule has 0 fully saturated rings. The minimum Gasteiger partial charge on any atom is -0.496 e. The molecule has 0 saturated carbocycles. The fourth-order valence-electron chi connectivity index (χ4n) is 6.44. The first-order valence-electron chi connectivity index (χ1n) is 21.4. The maximum Gasteiger partial charge on any atom is 0.697 e. The lowest BCUT2D eigenvalue weighted by Crippen LogP contribution is -2.12. The average Bonchev–Trinajstić information content (AvgIpc) is 3.25. The second-order valence-electron chi connectivity index (χ2n) is 14.4. The SMILES string of the molecule is CCCCCNc1nc(N)nc(C)c1Cc1ccc(OCCOCCO[P+](=O)OCCOCCOc2ccc(Cc3c(C)nc(N)nc3NCCCCC)c(OC)c2)cc1OC. The number of hydrogen-bond acceptors (Lipinski definition) is 17. The van der Waals surface area contributed by atoms with Crippen molar-refractivity contribution < 1.29 is 42.0 Å². The lowest BCUT2D eigenvalue weighted by molar-refractivity contribution is 0.0614. The number of methoxy groups -OCH3 is 2. The standard InChI is InChI=1S/C44H66N8O9P/c1-7-9-11-17-47-41-37(31(3)49-43(45)51-41)27-33-13-15-35(29-39(33)54-5)58-23-19-56-21-25-60-62(53)61-26-22-57-20-24-59-36-16-14-34(40(30-36)55-6)28-38-32(4)50-44(46)52-42(38)48-18-12-10-8-2/h13-16,29-30H,7-12,17-28H2,1-6H3,(H3,45,47,49,51)(H3,46,48,50,52)/q+1. The van der Waals surface area contributed by atoms with Gasteiger partial charge >= 0.3 is 8.25 Å². The van der Waals surface area contributed by atoms with Gasteiger partial charge in [-0.3, -0.25) is 0 Å². The van der Waals surface area contributed by atoms with Crippen LogP contribution in [0.5, 0.6) is 23.0 Å². The van der Waals surface area contributed by atoms with Gasteiger partial charge in [0.1, 0.15) is 61.1 Å². The van der Waals surface area contributed by atoms with E-state index in [1.54, 1.807) is 14.2 Å². The molecule has 4 aromatic rings. The minimum atomic E-state index is -2.32. The molecule has 0 aliphatic rings. The summed E-state index contributed by atoms with van der Waals surface area (Å²) in [6, 6.07) is 11.4. The summed E-state index contributed by atoms with van der Waals surface area (Å²) in [5.74, 6) is 4.65. The zero-order chi connectivity index (χ0) is 44.5. The van der Waals surface area contributed by atoms with E-state index in [1.165, 1.54) is 0 Å². The fourth-order valence-corrected chi connectivity index (χ4v) is 6.96.